The van der Waals surface area contributed by atoms with Gasteiger partial charge in [0.15, 0.2) is 0 Å². The molecule has 0 aliphatic heterocycles. The number of ether oxygens (including phenoxy) is 10. The summed E-state index contributed by atoms with van der Waals surface area (Å²) in [5.41, 5.74) is -0.597. The number of anilines is 2. The molecule has 0 aromatic heterocycles. The SMILES string of the molecule is CC(C)(C)OC(=O)CCOCCOCCOCCOCCOCCOCCOCCOCCOC(=O)c1ccccc1Nc1cccc(C(F)(F)F)c1. The second kappa shape index (κ2) is 27.3. The highest BCUT2D eigenvalue weighted by Crippen LogP contribution is 2.32. The summed E-state index contributed by atoms with van der Waals surface area (Å²) in [4.78, 5) is 24.2. The van der Waals surface area contributed by atoms with E-state index in [9.17, 15) is 22.8 Å². The molecule has 0 saturated heterocycles. The van der Waals surface area contributed by atoms with Gasteiger partial charge in [0, 0.05) is 5.69 Å². The minimum absolute atomic E-state index is 0.00662. The summed E-state index contributed by atoms with van der Waals surface area (Å²) >= 11 is 0. The normalized spacial score (nSPS) is 11.8. The smallest absolute Gasteiger partial charge is 0.416 e. The fourth-order valence-corrected chi connectivity index (χ4v) is 4.16. The Hall–Kier alpha value is -3.35. The Kier molecular flexibility index (Phi) is 23.6. The first-order chi connectivity index (χ1) is 25.5. The van der Waals surface area contributed by atoms with Crippen LogP contribution in [0.15, 0.2) is 48.5 Å². The van der Waals surface area contributed by atoms with E-state index in [-0.39, 0.29) is 36.9 Å². The molecule has 2 rings (SSSR count). The second-order valence-electron chi connectivity index (χ2n) is 12.1. The lowest BCUT2D eigenvalue weighted by atomic mass is 10.1. The van der Waals surface area contributed by atoms with E-state index < -0.39 is 23.3 Å². The van der Waals surface area contributed by atoms with E-state index in [0.29, 0.717) is 105 Å². The first kappa shape index (κ1) is 45.8. The van der Waals surface area contributed by atoms with Crippen molar-refractivity contribution in [2.24, 2.45) is 0 Å². The highest BCUT2D eigenvalue weighted by Gasteiger charge is 2.30. The molecule has 0 amide bonds. The van der Waals surface area contributed by atoms with E-state index in [4.69, 9.17) is 47.4 Å². The van der Waals surface area contributed by atoms with Crippen LogP contribution in [-0.4, -0.2) is 130 Å². The molecule has 2 aromatic carbocycles. The quantitative estimate of drug-likeness (QED) is 0.0797. The molecule has 53 heavy (non-hydrogen) atoms. The Bertz CT molecular complexity index is 1280. The van der Waals surface area contributed by atoms with Crippen molar-refractivity contribution < 1.29 is 70.1 Å². The van der Waals surface area contributed by atoms with Crippen LogP contribution in [-0.2, 0) is 58.3 Å². The lowest BCUT2D eigenvalue weighted by Crippen LogP contribution is -2.24. The van der Waals surface area contributed by atoms with Gasteiger partial charge in [-0.2, -0.15) is 13.2 Å². The highest BCUT2D eigenvalue weighted by atomic mass is 19.4. The largest absolute Gasteiger partial charge is 0.460 e. The first-order valence-electron chi connectivity index (χ1n) is 17.5. The Morgan fingerprint density at radius 3 is 1.45 bits per heavy atom. The number of carbonyl (C=O) groups is 2. The van der Waals surface area contributed by atoms with Gasteiger partial charge in [0.25, 0.3) is 0 Å². The van der Waals surface area contributed by atoms with Crippen molar-refractivity contribution in [2.45, 2.75) is 39.0 Å². The minimum Gasteiger partial charge on any atom is -0.460 e. The predicted octanol–water partition coefficient (Wildman–Crippen LogP) is 5.47. The number of hydrogen-bond donors (Lipinski definition) is 1. The molecule has 0 radical (unpaired) electrons. The minimum atomic E-state index is -4.48. The van der Waals surface area contributed by atoms with Crippen molar-refractivity contribution >= 4 is 23.3 Å². The first-order valence-corrected chi connectivity index (χ1v) is 17.5. The Balaban J connectivity index is 1.32. The average Bonchev–Trinajstić information content (AvgIpc) is 3.10. The Morgan fingerprint density at radius 1 is 0.566 bits per heavy atom. The third kappa shape index (κ3) is 23.8. The fraction of sp³-hybridized carbons (Fsp3) is 0.622. The zero-order chi connectivity index (χ0) is 38.6. The standard InChI is InChI=1S/C37H54F3NO12/c1-36(2,3)53-34(42)11-12-44-13-14-45-15-16-46-17-18-47-19-20-48-21-22-49-23-24-50-25-26-51-27-28-52-35(43)32-9-4-5-10-33(32)41-31-8-6-7-30(29-31)37(38,39)40/h4-10,29,41H,11-28H2,1-3H3. The monoisotopic (exact) mass is 761 g/mol. The van der Waals surface area contributed by atoms with E-state index in [1.165, 1.54) is 18.2 Å². The maximum absolute atomic E-state index is 13.0. The van der Waals surface area contributed by atoms with E-state index in [2.05, 4.69) is 5.32 Å². The summed E-state index contributed by atoms with van der Waals surface area (Å²) in [6, 6.07) is 11.1. The van der Waals surface area contributed by atoms with E-state index in [1.54, 1.807) is 18.2 Å². The van der Waals surface area contributed by atoms with Crippen LogP contribution < -0.4 is 5.32 Å². The summed E-state index contributed by atoms with van der Waals surface area (Å²) < 4.78 is 93.0. The number of rotatable bonds is 30. The molecule has 0 atom stereocenters. The molecular weight excluding hydrogens is 707 g/mol. The second-order valence-corrected chi connectivity index (χ2v) is 12.1. The van der Waals surface area contributed by atoms with Crippen molar-refractivity contribution in [1.29, 1.82) is 0 Å². The van der Waals surface area contributed by atoms with Gasteiger partial charge in [-0.1, -0.05) is 18.2 Å². The zero-order valence-corrected chi connectivity index (χ0v) is 30.9. The van der Waals surface area contributed by atoms with Gasteiger partial charge < -0.3 is 52.7 Å². The van der Waals surface area contributed by atoms with Crippen LogP contribution in [0.1, 0.15) is 43.1 Å². The predicted molar refractivity (Wildman–Crippen MR) is 188 cm³/mol. The van der Waals surface area contributed by atoms with Crippen LogP contribution in [0.25, 0.3) is 0 Å². The molecule has 13 nitrogen and oxygen atoms in total. The molecule has 0 saturated carbocycles. The topological polar surface area (TPSA) is 138 Å². The lowest BCUT2D eigenvalue weighted by Gasteiger charge is -2.19. The van der Waals surface area contributed by atoms with E-state index in [1.807, 2.05) is 20.8 Å². The summed E-state index contributed by atoms with van der Waals surface area (Å²) in [7, 11) is 0. The van der Waals surface area contributed by atoms with Crippen molar-refractivity contribution in [1.82, 2.24) is 0 Å². The maximum Gasteiger partial charge on any atom is 0.416 e. The molecule has 0 fully saturated rings. The number of carbonyl (C=O) groups excluding carboxylic acids is 2. The number of esters is 2. The molecule has 0 spiro atoms. The van der Waals surface area contributed by atoms with Crippen molar-refractivity contribution in [2.75, 3.05) is 118 Å². The summed E-state index contributed by atoms with van der Waals surface area (Å²) in [5.74, 6) is -0.916. The molecule has 2 aromatic rings. The third-order valence-corrected chi connectivity index (χ3v) is 6.55. The van der Waals surface area contributed by atoms with Crippen LogP contribution in [0.2, 0.25) is 0 Å². The van der Waals surface area contributed by atoms with Crippen LogP contribution in [0, 0.1) is 0 Å². The molecule has 1 N–H and O–H groups in total. The van der Waals surface area contributed by atoms with Crippen molar-refractivity contribution in [3.63, 3.8) is 0 Å². The molecule has 0 heterocycles. The summed E-state index contributed by atoms with van der Waals surface area (Å²) in [6.07, 6.45) is -4.27. The van der Waals surface area contributed by atoms with Gasteiger partial charge in [0.05, 0.1) is 129 Å². The fourth-order valence-electron chi connectivity index (χ4n) is 4.16. The number of alkyl halides is 3. The van der Waals surface area contributed by atoms with Gasteiger partial charge in [-0.25, -0.2) is 4.79 Å². The molecule has 0 aliphatic carbocycles. The van der Waals surface area contributed by atoms with Crippen LogP contribution in [0.5, 0.6) is 0 Å². The molecule has 0 unspecified atom stereocenters. The average molecular weight is 762 g/mol. The molecule has 16 heteroatoms. The number of hydrogen-bond acceptors (Lipinski definition) is 13. The third-order valence-electron chi connectivity index (χ3n) is 6.55. The highest BCUT2D eigenvalue weighted by molar-refractivity contribution is 5.96. The van der Waals surface area contributed by atoms with Crippen LogP contribution >= 0.6 is 0 Å². The van der Waals surface area contributed by atoms with Gasteiger partial charge in [0.1, 0.15) is 12.2 Å². The van der Waals surface area contributed by atoms with Crippen molar-refractivity contribution in [3.05, 3.63) is 59.7 Å². The Morgan fingerprint density at radius 2 is 1.00 bits per heavy atom. The molecule has 0 bridgehead atoms. The zero-order valence-electron chi connectivity index (χ0n) is 30.9. The number of halogens is 3. The number of para-hydroxylation sites is 1. The summed E-state index contributed by atoms with van der Waals surface area (Å²) in [5, 5.41) is 2.85. The van der Waals surface area contributed by atoms with Crippen LogP contribution in [0.4, 0.5) is 24.5 Å². The van der Waals surface area contributed by atoms with Crippen LogP contribution in [0.3, 0.4) is 0 Å². The maximum atomic E-state index is 13.0. The van der Waals surface area contributed by atoms with Gasteiger partial charge in [-0.3, -0.25) is 4.79 Å². The molecule has 300 valence electrons. The van der Waals surface area contributed by atoms with Crippen molar-refractivity contribution in [3.8, 4) is 0 Å². The van der Waals surface area contributed by atoms with Gasteiger partial charge in [-0.05, 0) is 51.1 Å². The molecule has 0 aliphatic rings. The number of nitrogens with one attached hydrogen (secondary N) is 1. The van der Waals surface area contributed by atoms with Gasteiger partial charge >= 0.3 is 18.1 Å². The Labute approximate surface area is 309 Å². The van der Waals surface area contributed by atoms with Gasteiger partial charge in [-0.15, -0.1) is 0 Å². The van der Waals surface area contributed by atoms with Gasteiger partial charge in [0.2, 0.25) is 0 Å². The van der Waals surface area contributed by atoms with E-state index in [0.717, 1.165) is 12.1 Å². The molecular formula is C37H54F3NO12. The summed E-state index contributed by atoms with van der Waals surface area (Å²) in [6.45, 7) is 11.6. The van der Waals surface area contributed by atoms with E-state index >= 15 is 0 Å². The lowest BCUT2D eigenvalue weighted by molar-refractivity contribution is -0.156. The number of benzene rings is 2.